The summed E-state index contributed by atoms with van der Waals surface area (Å²) in [5.41, 5.74) is 1.41. The normalized spacial score (nSPS) is 15.6. The Morgan fingerprint density at radius 3 is 1.90 bits per heavy atom. The van der Waals surface area contributed by atoms with Gasteiger partial charge in [0.1, 0.15) is 0 Å². The fourth-order valence-corrected chi connectivity index (χ4v) is 1.35. The lowest BCUT2D eigenvalue weighted by Gasteiger charge is -2.19. The van der Waals surface area contributed by atoms with Crippen molar-refractivity contribution in [2.45, 2.75) is 13.3 Å². The van der Waals surface area contributed by atoms with Crippen molar-refractivity contribution < 1.29 is 9.47 Å². The van der Waals surface area contributed by atoms with Crippen molar-refractivity contribution in [1.82, 2.24) is 11.2 Å². The van der Waals surface area contributed by atoms with E-state index in [1.807, 2.05) is 6.07 Å². The Kier molecular flexibility index (Phi) is 11.6. The highest BCUT2D eigenvalue weighted by Gasteiger charge is 2.06. The van der Waals surface area contributed by atoms with E-state index in [0.29, 0.717) is 26.3 Å². The SMILES string of the molecule is C1CO1.CCc1ccccc1.N.O=NN1CCOCC1. The van der Waals surface area contributed by atoms with Crippen LogP contribution in [0.15, 0.2) is 35.6 Å². The first-order valence-electron chi connectivity index (χ1n) is 6.64. The van der Waals surface area contributed by atoms with Crippen molar-refractivity contribution in [2.24, 2.45) is 5.29 Å². The van der Waals surface area contributed by atoms with Crippen molar-refractivity contribution in [2.75, 3.05) is 39.5 Å². The second-order valence-electron chi connectivity index (χ2n) is 4.10. The topological polar surface area (TPSA) is 89.4 Å². The van der Waals surface area contributed by atoms with Crippen LogP contribution in [0.1, 0.15) is 12.5 Å². The van der Waals surface area contributed by atoms with Crippen LogP contribution < -0.4 is 6.15 Å². The quantitative estimate of drug-likeness (QED) is 0.665. The third kappa shape index (κ3) is 10.4. The molecular weight excluding hydrogens is 258 g/mol. The second-order valence-corrected chi connectivity index (χ2v) is 4.10. The zero-order chi connectivity index (χ0) is 13.8. The van der Waals surface area contributed by atoms with Gasteiger partial charge in [0.25, 0.3) is 0 Å². The standard InChI is InChI=1S/C8H10.C4H8N2O2.C2H4O.H3N/c1-2-8-6-4-3-5-7-8;7-5-6-1-3-8-4-2-6;1-2-3-1;/h3-7H,2H2,1H3;1-4H2;1-2H2;1H3. The van der Waals surface area contributed by atoms with Gasteiger partial charge >= 0.3 is 0 Å². The zero-order valence-electron chi connectivity index (χ0n) is 12.2. The maximum atomic E-state index is 9.78. The summed E-state index contributed by atoms with van der Waals surface area (Å²) in [4.78, 5) is 9.78. The monoisotopic (exact) mass is 283 g/mol. The van der Waals surface area contributed by atoms with Gasteiger partial charge in [-0.25, -0.2) is 0 Å². The number of hydrogen-bond acceptors (Lipinski definition) is 5. The Hall–Kier alpha value is -1.50. The fourth-order valence-electron chi connectivity index (χ4n) is 1.35. The summed E-state index contributed by atoms with van der Waals surface area (Å²) in [6, 6.07) is 10.5. The second kappa shape index (κ2) is 12.5. The van der Waals surface area contributed by atoms with Crippen LogP contribution in [0.2, 0.25) is 0 Å². The predicted molar refractivity (Wildman–Crippen MR) is 79.8 cm³/mol. The van der Waals surface area contributed by atoms with E-state index in [1.54, 1.807) is 0 Å². The lowest BCUT2D eigenvalue weighted by atomic mass is 10.2. The number of hydrogen-bond donors (Lipinski definition) is 1. The van der Waals surface area contributed by atoms with E-state index in [9.17, 15) is 4.91 Å². The minimum Gasteiger partial charge on any atom is -0.378 e. The Balaban J connectivity index is 0.000000287. The van der Waals surface area contributed by atoms with Crippen LogP contribution in [0.3, 0.4) is 0 Å². The molecule has 2 heterocycles. The number of rotatable bonds is 2. The first-order chi connectivity index (χ1) is 9.36. The van der Waals surface area contributed by atoms with Crippen LogP contribution in [0.4, 0.5) is 0 Å². The third-order valence-corrected chi connectivity index (χ3v) is 2.56. The molecule has 0 bridgehead atoms. The summed E-state index contributed by atoms with van der Waals surface area (Å²) < 4.78 is 9.46. The number of nitroso groups, excluding NO2 is 1. The predicted octanol–water partition coefficient (Wildman–Crippen LogP) is 2.43. The van der Waals surface area contributed by atoms with Gasteiger partial charge in [-0.3, -0.25) is 5.01 Å². The number of benzene rings is 1. The third-order valence-electron chi connectivity index (χ3n) is 2.56. The van der Waals surface area contributed by atoms with Gasteiger partial charge in [0.15, 0.2) is 0 Å². The molecule has 0 unspecified atom stereocenters. The van der Waals surface area contributed by atoms with E-state index in [4.69, 9.17) is 4.74 Å². The molecule has 6 heteroatoms. The molecule has 0 aromatic heterocycles. The molecule has 1 aromatic rings. The van der Waals surface area contributed by atoms with Crippen LogP contribution in [0.5, 0.6) is 0 Å². The van der Waals surface area contributed by atoms with Gasteiger partial charge in [0.2, 0.25) is 0 Å². The average molecular weight is 283 g/mol. The lowest BCUT2D eigenvalue weighted by Crippen LogP contribution is -2.31. The molecule has 20 heavy (non-hydrogen) atoms. The van der Waals surface area contributed by atoms with Crippen LogP contribution in [0, 0.1) is 4.91 Å². The van der Waals surface area contributed by atoms with Gasteiger partial charge in [-0.05, 0) is 12.0 Å². The van der Waals surface area contributed by atoms with Crippen molar-refractivity contribution in [3.8, 4) is 0 Å². The van der Waals surface area contributed by atoms with Crippen molar-refractivity contribution in [1.29, 1.82) is 0 Å². The fraction of sp³-hybridized carbons (Fsp3) is 0.571. The van der Waals surface area contributed by atoms with Crippen LogP contribution in [-0.4, -0.2) is 44.5 Å². The van der Waals surface area contributed by atoms with E-state index in [2.05, 4.69) is 41.2 Å². The molecule has 0 aliphatic carbocycles. The zero-order valence-corrected chi connectivity index (χ0v) is 12.2. The number of aryl methyl sites for hydroxylation is 1. The summed E-state index contributed by atoms with van der Waals surface area (Å²) in [6.45, 7) is 6.71. The maximum absolute atomic E-state index is 9.78. The van der Waals surface area contributed by atoms with Crippen LogP contribution in [0.25, 0.3) is 0 Å². The maximum Gasteiger partial charge on any atom is 0.0701 e. The molecule has 0 spiro atoms. The van der Waals surface area contributed by atoms with Crippen molar-refractivity contribution in [3.63, 3.8) is 0 Å². The molecule has 0 amide bonds. The Labute approximate surface area is 120 Å². The average Bonchev–Trinajstić information content (AvgIpc) is 3.38. The lowest BCUT2D eigenvalue weighted by molar-refractivity contribution is 0.0383. The molecule has 2 aliphatic heterocycles. The van der Waals surface area contributed by atoms with E-state index >= 15 is 0 Å². The number of ether oxygens (including phenoxy) is 2. The number of morpholine rings is 1. The van der Waals surface area contributed by atoms with Gasteiger partial charge in [0, 0.05) is 0 Å². The molecule has 2 aliphatic rings. The van der Waals surface area contributed by atoms with Gasteiger partial charge in [-0.1, -0.05) is 37.3 Å². The van der Waals surface area contributed by atoms with Crippen molar-refractivity contribution in [3.05, 3.63) is 40.8 Å². The van der Waals surface area contributed by atoms with Gasteiger partial charge in [-0.15, -0.1) is 4.91 Å². The molecule has 2 fully saturated rings. The van der Waals surface area contributed by atoms with E-state index in [-0.39, 0.29) is 6.15 Å². The van der Waals surface area contributed by atoms with Gasteiger partial charge < -0.3 is 15.6 Å². The van der Waals surface area contributed by atoms with E-state index < -0.39 is 0 Å². The smallest absolute Gasteiger partial charge is 0.0701 e. The largest absolute Gasteiger partial charge is 0.378 e. The highest BCUT2D eigenvalue weighted by Crippen LogP contribution is 1.97. The Bertz CT molecular complexity index is 325. The number of nitrogens with zero attached hydrogens (tertiary/aromatic N) is 2. The molecule has 0 saturated carbocycles. The first-order valence-corrected chi connectivity index (χ1v) is 6.64. The van der Waals surface area contributed by atoms with Crippen LogP contribution in [-0.2, 0) is 15.9 Å². The molecule has 3 N–H and O–H groups in total. The minimum absolute atomic E-state index is 0. The molecule has 0 radical (unpaired) electrons. The molecule has 1 aromatic carbocycles. The number of epoxide rings is 1. The van der Waals surface area contributed by atoms with Gasteiger partial charge in [0.05, 0.1) is 44.8 Å². The van der Waals surface area contributed by atoms with E-state index in [0.717, 1.165) is 19.6 Å². The summed E-state index contributed by atoms with van der Waals surface area (Å²) in [6.07, 6.45) is 1.14. The molecular formula is C14H25N3O3. The summed E-state index contributed by atoms with van der Waals surface area (Å²) in [7, 11) is 0. The minimum atomic E-state index is 0. The highest BCUT2D eigenvalue weighted by atomic mass is 16.6. The molecule has 6 nitrogen and oxygen atoms in total. The van der Waals surface area contributed by atoms with Crippen LogP contribution >= 0.6 is 0 Å². The molecule has 2 saturated heterocycles. The Morgan fingerprint density at radius 1 is 1.05 bits per heavy atom. The molecule has 3 rings (SSSR count). The van der Waals surface area contributed by atoms with Gasteiger partial charge in [-0.2, -0.15) is 0 Å². The van der Waals surface area contributed by atoms with E-state index in [1.165, 1.54) is 10.6 Å². The highest BCUT2D eigenvalue weighted by molar-refractivity contribution is 5.13. The first kappa shape index (κ1) is 18.5. The summed E-state index contributed by atoms with van der Waals surface area (Å²) in [5.74, 6) is 0. The molecule has 0 atom stereocenters. The van der Waals surface area contributed by atoms with Crippen molar-refractivity contribution >= 4 is 0 Å². The molecule has 114 valence electrons. The Morgan fingerprint density at radius 2 is 1.60 bits per heavy atom. The summed E-state index contributed by atoms with van der Waals surface area (Å²) >= 11 is 0. The summed E-state index contributed by atoms with van der Waals surface area (Å²) in [5, 5.41) is 4.21.